The number of hydrogen-bond donors (Lipinski definition) is 0. The van der Waals surface area contributed by atoms with E-state index in [0.717, 1.165) is 32.1 Å². The van der Waals surface area contributed by atoms with Gasteiger partial charge in [-0.1, -0.05) is 48.0 Å². The molecule has 0 radical (unpaired) electrons. The van der Waals surface area contributed by atoms with Crippen LogP contribution in [0.15, 0.2) is 30.3 Å². The van der Waals surface area contributed by atoms with E-state index in [0.29, 0.717) is 40.4 Å². The Morgan fingerprint density at radius 3 is 2.53 bits per heavy atom. The van der Waals surface area contributed by atoms with Crippen LogP contribution in [-0.4, -0.2) is 22.7 Å². The minimum atomic E-state index is -0.181. The van der Waals surface area contributed by atoms with Crippen LogP contribution in [0, 0.1) is 34.5 Å². The van der Waals surface area contributed by atoms with Crippen molar-refractivity contribution in [3.8, 4) is 0 Å². The van der Waals surface area contributed by atoms with E-state index >= 15 is 0 Å². The van der Waals surface area contributed by atoms with Crippen LogP contribution in [0.3, 0.4) is 0 Å². The monoisotopic (exact) mass is 472 g/mol. The lowest BCUT2D eigenvalue weighted by molar-refractivity contribution is -0.142. The van der Waals surface area contributed by atoms with Crippen molar-refractivity contribution in [1.29, 1.82) is 0 Å². The maximum atomic E-state index is 12.9. The number of fused-ring (bicyclic) bond motifs is 5. The molecule has 3 nitrogen and oxygen atoms in total. The SMILES string of the molecule is C[C@]12CCC(OC(=O)c3ccccc3)CC1CC[C@@H]1[C@@H]2CC[C@]2(C)C(=O)C(Br)C[C@@H]12. The molecule has 4 heteroatoms. The molecule has 0 aromatic heterocycles. The number of ether oxygens (including phenoxy) is 1. The van der Waals surface area contributed by atoms with Gasteiger partial charge in [0.15, 0.2) is 5.78 Å². The van der Waals surface area contributed by atoms with Gasteiger partial charge in [-0.25, -0.2) is 4.79 Å². The van der Waals surface area contributed by atoms with Crippen LogP contribution in [0.1, 0.15) is 75.6 Å². The molecular weight excluding hydrogens is 440 g/mol. The summed E-state index contributed by atoms with van der Waals surface area (Å²) in [6.07, 6.45) is 8.86. The predicted molar refractivity (Wildman–Crippen MR) is 120 cm³/mol. The van der Waals surface area contributed by atoms with Crippen LogP contribution in [-0.2, 0) is 9.53 Å². The summed E-state index contributed by atoms with van der Waals surface area (Å²) in [5.74, 6) is 2.83. The lowest BCUT2D eigenvalue weighted by Crippen LogP contribution is -2.54. The third kappa shape index (κ3) is 3.12. The Balaban J connectivity index is 1.29. The third-order valence-corrected chi connectivity index (χ3v) is 10.4. The van der Waals surface area contributed by atoms with Crippen LogP contribution in [0.4, 0.5) is 0 Å². The molecule has 3 unspecified atom stereocenters. The van der Waals surface area contributed by atoms with Gasteiger partial charge in [-0.05, 0) is 92.6 Å². The lowest BCUT2D eigenvalue weighted by Gasteiger charge is -2.60. The highest BCUT2D eigenvalue weighted by Crippen LogP contribution is 2.66. The quantitative estimate of drug-likeness (QED) is 0.380. The zero-order chi connectivity index (χ0) is 21.1. The number of rotatable bonds is 2. The molecule has 1 aromatic rings. The number of benzene rings is 1. The van der Waals surface area contributed by atoms with Crippen molar-refractivity contribution in [3.63, 3.8) is 0 Å². The summed E-state index contributed by atoms with van der Waals surface area (Å²) < 4.78 is 5.93. The Kier molecular flexibility index (Phi) is 5.16. The van der Waals surface area contributed by atoms with E-state index in [1.54, 1.807) is 0 Å². The molecule has 4 saturated carbocycles. The average molecular weight is 473 g/mol. The van der Waals surface area contributed by atoms with Crippen LogP contribution in [0.2, 0.25) is 0 Å². The molecule has 1 aromatic carbocycles. The smallest absolute Gasteiger partial charge is 0.338 e. The first kappa shape index (κ1) is 20.7. The Morgan fingerprint density at radius 2 is 1.77 bits per heavy atom. The molecule has 0 amide bonds. The molecule has 4 aliphatic rings. The number of carbonyl (C=O) groups excluding carboxylic acids is 2. The molecule has 0 bridgehead atoms. The summed E-state index contributed by atoms with van der Waals surface area (Å²) in [5.41, 5.74) is 0.866. The number of esters is 1. The molecule has 0 N–H and O–H groups in total. The van der Waals surface area contributed by atoms with Gasteiger partial charge < -0.3 is 4.74 Å². The highest BCUT2D eigenvalue weighted by atomic mass is 79.9. The van der Waals surface area contributed by atoms with Crippen molar-refractivity contribution >= 4 is 27.7 Å². The fraction of sp³-hybridized carbons (Fsp3) is 0.692. The molecule has 162 valence electrons. The van der Waals surface area contributed by atoms with E-state index in [4.69, 9.17) is 4.74 Å². The molecule has 30 heavy (non-hydrogen) atoms. The van der Waals surface area contributed by atoms with Gasteiger partial charge in [0, 0.05) is 5.41 Å². The number of alkyl halides is 1. The van der Waals surface area contributed by atoms with Gasteiger partial charge in [-0.3, -0.25) is 4.79 Å². The van der Waals surface area contributed by atoms with E-state index in [1.165, 1.54) is 19.3 Å². The first-order chi connectivity index (χ1) is 14.3. The Hall–Kier alpha value is -1.16. The van der Waals surface area contributed by atoms with Crippen molar-refractivity contribution in [2.45, 2.75) is 76.1 Å². The summed E-state index contributed by atoms with van der Waals surface area (Å²) in [6, 6.07) is 9.36. The Morgan fingerprint density at radius 1 is 1.00 bits per heavy atom. The fourth-order valence-corrected chi connectivity index (χ4v) is 8.79. The average Bonchev–Trinajstić information content (AvgIpc) is 2.98. The molecule has 5 rings (SSSR count). The second-order valence-electron chi connectivity index (χ2n) is 10.8. The van der Waals surface area contributed by atoms with Crippen LogP contribution in [0.25, 0.3) is 0 Å². The van der Waals surface area contributed by atoms with Crippen molar-refractivity contribution in [2.24, 2.45) is 34.5 Å². The standard InChI is InChI=1S/C26H33BrO3/c1-25-12-10-18(30-24(29)16-6-4-3-5-7-16)14-17(25)8-9-19-20(25)11-13-26(2)21(19)15-22(27)23(26)28/h3-7,17-22H,8-15H2,1-2H3/t17?,18?,19-,20+,21+,22?,25+,26+/m1/s1. The van der Waals surface area contributed by atoms with Crippen LogP contribution in [0.5, 0.6) is 0 Å². The highest BCUT2D eigenvalue weighted by molar-refractivity contribution is 9.10. The van der Waals surface area contributed by atoms with Crippen molar-refractivity contribution in [1.82, 2.24) is 0 Å². The molecule has 8 atom stereocenters. The first-order valence-electron chi connectivity index (χ1n) is 11.8. The fourth-order valence-electron chi connectivity index (χ4n) is 7.87. The molecular formula is C26H33BrO3. The summed E-state index contributed by atoms with van der Waals surface area (Å²) >= 11 is 3.68. The Labute approximate surface area is 188 Å². The second kappa shape index (κ2) is 7.46. The molecule has 0 aliphatic heterocycles. The van der Waals surface area contributed by atoms with E-state index < -0.39 is 0 Å². The minimum Gasteiger partial charge on any atom is -0.459 e. The largest absolute Gasteiger partial charge is 0.459 e. The summed E-state index contributed by atoms with van der Waals surface area (Å²) in [4.78, 5) is 25.5. The van der Waals surface area contributed by atoms with Crippen molar-refractivity contribution in [3.05, 3.63) is 35.9 Å². The predicted octanol–water partition coefficient (Wildman–Crippen LogP) is 6.20. The lowest BCUT2D eigenvalue weighted by atomic mass is 9.45. The number of carbonyl (C=O) groups is 2. The van der Waals surface area contributed by atoms with Gasteiger partial charge in [-0.15, -0.1) is 0 Å². The summed E-state index contributed by atoms with van der Waals surface area (Å²) in [5, 5.41) is 0. The Bertz CT molecular complexity index is 838. The number of hydrogen-bond acceptors (Lipinski definition) is 3. The second-order valence-corrected chi connectivity index (χ2v) is 12.0. The van der Waals surface area contributed by atoms with Gasteiger partial charge in [0.25, 0.3) is 0 Å². The minimum absolute atomic E-state index is 0.0427. The molecule has 4 aliphatic carbocycles. The van der Waals surface area contributed by atoms with Gasteiger partial charge in [-0.2, -0.15) is 0 Å². The zero-order valence-corrected chi connectivity index (χ0v) is 19.7. The summed E-state index contributed by atoms with van der Waals surface area (Å²) in [6.45, 7) is 4.75. The van der Waals surface area contributed by atoms with Gasteiger partial charge in [0.2, 0.25) is 0 Å². The number of halogens is 1. The molecule has 0 spiro atoms. The van der Waals surface area contributed by atoms with E-state index in [9.17, 15) is 9.59 Å². The third-order valence-electron chi connectivity index (χ3n) is 9.60. The van der Waals surface area contributed by atoms with E-state index in [-0.39, 0.29) is 22.3 Å². The maximum Gasteiger partial charge on any atom is 0.338 e. The van der Waals surface area contributed by atoms with Crippen LogP contribution < -0.4 is 0 Å². The zero-order valence-electron chi connectivity index (χ0n) is 18.1. The van der Waals surface area contributed by atoms with Crippen molar-refractivity contribution < 1.29 is 14.3 Å². The van der Waals surface area contributed by atoms with E-state index in [1.807, 2.05) is 30.3 Å². The normalized spacial score (nSPS) is 45.2. The van der Waals surface area contributed by atoms with Crippen molar-refractivity contribution in [2.75, 3.05) is 0 Å². The van der Waals surface area contributed by atoms with Crippen LogP contribution >= 0.6 is 15.9 Å². The number of ketones is 1. The molecule has 0 saturated heterocycles. The maximum absolute atomic E-state index is 12.9. The number of Topliss-reactive ketones (excluding diaryl/α,β-unsaturated/α-hetero) is 1. The van der Waals surface area contributed by atoms with E-state index in [2.05, 4.69) is 29.8 Å². The molecule has 0 heterocycles. The van der Waals surface area contributed by atoms with Gasteiger partial charge in [0.05, 0.1) is 10.4 Å². The van der Waals surface area contributed by atoms with Gasteiger partial charge >= 0.3 is 5.97 Å². The first-order valence-corrected chi connectivity index (χ1v) is 12.7. The molecule has 4 fully saturated rings. The topological polar surface area (TPSA) is 43.4 Å². The highest BCUT2D eigenvalue weighted by Gasteiger charge is 2.62. The summed E-state index contributed by atoms with van der Waals surface area (Å²) in [7, 11) is 0. The van der Waals surface area contributed by atoms with Gasteiger partial charge in [0.1, 0.15) is 6.10 Å².